The van der Waals surface area contributed by atoms with E-state index in [-0.39, 0.29) is 5.41 Å². The molecule has 0 spiro atoms. The van der Waals surface area contributed by atoms with Crippen LogP contribution >= 0.6 is 11.3 Å². The van der Waals surface area contributed by atoms with E-state index in [1.807, 2.05) is 26.2 Å². The van der Waals surface area contributed by atoms with Crippen molar-refractivity contribution in [3.63, 3.8) is 0 Å². The number of hydrogen-bond acceptors (Lipinski definition) is 4. The van der Waals surface area contributed by atoms with Crippen LogP contribution in [0.25, 0.3) is 0 Å². The minimum atomic E-state index is -0.469. The van der Waals surface area contributed by atoms with Crippen molar-refractivity contribution in [1.29, 1.82) is 0 Å². The fourth-order valence-corrected chi connectivity index (χ4v) is 2.16. The molecule has 1 heterocycles. The van der Waals surface area contributed by atoms with E-state index in [2.05, 4.69) is 31.1 Å². The van der Waals surface area contributed by atoms with Crippen LogP contribution in [0, 0.1) is 0 Å². The highest BCUT2D eigenvalue weighted by molar-refractivity contribution is 7.09. The second kappa shape index (κ2) is 5.26. The summed E-state index contributed by atoms with van der Waals surface area (Å²) >= 11 is 1.55. The molecule has 4 nitrogen and oxygen atoms in total. The van der Waals surface area contributed by atoms with E-state index >= 15 is 0 Å². The Morgan fingerprint density at radius 2 is 1.94 bits per heavy atom. The molecule has 18 heavy (non-hydrogen) atoms. The molecule has 0 unspecified atom stereocenters. The summed E-state index contributed by atoms with van der Waals surface area (Å²) in [5.41, 5.74) is 0.623. The van der Waals surface area contributed by atoms with Crippen LogP contribution in [0.4, 0.5) is 4.79 Å². The number of alkyl carbamates (subject to hydrolysis) is 1. The smallest absolute Gasteiger partial charge is 0.408 e. The standard InChI is InChI=1S/C13H22N2O2S/c1-12(2,3)9-8-18-10(15-9)7-14-11(16)17-13(4,5)6/h8H,7H2,1-6H3,(H,14,16). The molecule has 1 N–H and O–H groups in total. The molecule has 0 atom stereocenters. The van der Waals surface area contributed by atoms with Crippen molar-refractivity contribution in [2.45, 2.75) is 59.1 Å². The lowest BCUT2D eigenvalue weighted by Crippen LogP contribution is -2.32. The Hall–Kier alpha value is -1.10. The second-order valence-corrected chi connectivity index (χ2v) is 7.17. The highest BCUT2D eigenvalue weighted by Crippen LogP contribution is 2.23. The predicted molar refractivity (Wildman–Crippen MR) is 73.9 cm³/mol. The van der Waals surface area contributed by atoms with Crippen LogP contribution in [-0.2, 0) is 16.7 Å². The van der Waals surface area contributed by atoms with Gasteiger partial charge in [-0.1, -0.05) is 20.8 Å². The lowest BCUT2D eigenvalue weighted by molar-refractivity contribution is 0.0523. The predicted octanol–water partition coefficient (Wildman–Crippen LogP) is 3.47. The zero-order valence-corrected chi connectivity index (χ0v) is 12.8. The first-order chi connectivity index (χ1) is 8.08. The average Bonchev–Trinajstić information content (AvgIpc) is 2.59. The van der Waals surface area contributed by atoms with Gasteiger partial charge in [-0.15, -0.1) is 11.3 Å². The van der Waals surface area contributed by atoms with Crippen molar-refractivity contribution in [3.05, 3.63) is 16.1 Å². The summed E-state index contributed by atoms with van der Waals surface area (Å²) in [7, 11) is 0. The van der Waals surface area contributed by atoms with E-state index < -0.39 is 11.7 Å². The van der Waals surface area contributed by atoms with E-state index in [4.69, 9.17) is 4.74 Å². The van der Waals surface area contributed by atoms with Crippen LogP contribution in [0.3, 0.4) is 0 Å². The number of rotatable bonds is 2. The summed E-state index contributed by atoms with van der Waals surface area (Å²) in [5.74, 6) is 0. The van der Waals surface area contributed by atoms with Crippen molar-refractivity contribution in [2.75, 3.05) is 0 Å². The van der Waals surface area contributed by atoms with E-state index in [0.717, 1.165) is 10.7 Å². The van der Waals surface area contributed by atoms with Gasteiger partial charge in [0.05, 0.1) is 12.2 Å². The molecular formula is C13H22N2O2S. The van der Waals surface area contributed by atoms with Crippen LogP contribution in [-0.4, -0.2) is 16.7 Å². The van der Waals surface area contributed by atoms with Gasteiger partial charge in [0.15, 0.2) is 0 Å². The maximum Gasteiger partial charge on any atom is 0.408 e. The molecule has 0 saturated carbocycles. The zero-order valence-electron chi connectivity index (χ0n) is 12.0. The minimum absolute atomic E-state index is 0.0423. The van der Waals surface area contributed by atoms with Gasteiger partial charge in [-0.05, 0) is 20.8 Å². The largest absolute Gasteiger partial charge is 0.444 e. The molecule has 0 bridgehead atoms. The van der Waals surface area contributed by atoms with E-state index in [9.17, 15) is 4.79 Å². The lowest BCUT2D eigenvalue weighted by atomic mass is 9.93. The summed E-state index contributed by atoms with van der Waals surface area (Å²) in [6, 6.07) is 0. The maximum absolute atomic E-state index is 11.5. The van der Waals surface area contributed by atoms with Crippen molar-refractivity contribution in [2.24, 2.45) is 0 Å². The summed E-state index contributed by atoms with van der Waals surface area (Å²) < 4.78 is 5.16. The van der Waals surface area contributed by atoms with Crippen LogP contribution < -0.4 is 5.32 Å². The highest BCUT2D eigenvalue weighted by atomic mass is 32.1. The Morgan fingerprint density at radius 1 is 1.33 bits per heavy atom. The normalized spacial score (nSPS) is 12.3. The van der Waals surface area contributed by atoms with Gasteiger partial charge in [-0.25, -0.2) is 9.78 Å². The van der Waals surface area contributed by atoms with Crippen LogP contribution in [0.2, 0.25) is 0 Å². The first-order valence-corrected chi connectivity index (χ1v) is 6.87. The first kappa shape index (κ1) is 15.0. The van der Waals surface area contributed by atoms with Crippen LogP contribution in [0.5, 0.6) is 0 Å². The molecule has 0 fully saturated rings. The Morgan fingerprint density at radius 3 is 2.39 bits per heavy atom. The topological polar surface area (TPSA) is 51.2 Å². The van der Waals surface area contributed by atoms with Crippen molar-refractivity contribution in [3.8, 4) is 0 Å². The third-order valence-electron chi connectivity index (χ3n) is 2.10. The molecular weight excluding hydrogens is 248 g/mol. The van der Waals surface area contributed by atoms with Crippen molar-refractivity contribution < 1.29 is 9.53 Å². The van der Waals surface area contributed by atoms with Gasteiger partial charge in [0.2, 0.25) is 0 Å². The number of nitrogens with zero attached hydrogens (tertiary/aromatic N) is 1. The van der Waals surface area contributed by atoms with E-state index in [1.165, 1.54) is 0 Å². The number of thiazole rings is 1. The van der Waals surface area contributed by atoms with E-state index in [1.54, 1.807) is 11.3 Å². The number of aromatic nitrogens is 1. The molecule has 1 aromatic rings. The SMILES string of the molecule is CC(C)(C)OC(=O)NCc1nc(C(C)(C)C)cs1. The zero-order chi connectivity index (χ0) is 14.0. The summed E-state index contributed by atoms with van der Waals surface area (Å²) in [6.07, 6.45) is -0.407. The molecule has 1 rings (SSSR count). The molecule has 102 valence electrons. The van der Waals surface area contributed by atoms with Gasteiger partial charge in [0.1, 0.15) is 10.6 Å². The minimum Gasteiger partial charge on any atom is -0.444 e. The number of hydrogen-bond donors (Lipinski definition) is 1. The number of nitrogens with one attached hydrogen (secondary N) is 1. The molecule has 0 aliphatic carbocycles. The average molecular weight is 270 g/mol. The maximum atomic E-state index is 11.5. The molecule has 0 aliphatic heterocycles. The van der Waals surface area contributed by atoms with Gasteiger partial charge >= 0.3 is 6.09 Å². The van der Waals surface area contributed by atoms with Crippen LogP contribution in [0.15, 0.2) is 5.38 Å². The summed E-state index contributed by atoms with van der Waals surface area (Å²) in [6.45, 7) is 12.3. The molecule has 0 aromatic carbocycles. The Labute approximate surface area is 113 Å². The molecule has 0 aliphatic rings. The fourth-order valence-electron chi connectivity index (χ4n) is 1.20. The molecule has 0 saturated heterocycles. The van der Waals surface area contributed by atoms with E-state index in [0.29, 0.717) is 6.54 Å². The number of carbonyl (C=O) groups excluding carboxylic acids is 1. The summed E-state index contributed by atoms with van der Waals surface area (Å²) in [4.78, 5) is 16.0. The highest BCUT2D eigenvalue weighted by Gasteiger charge is 2.19. The molecule has 5 heteroatoms. The van der Waals surface area contributed by atoms with Gasteiger partial charge in [-0.2, -0.15) is 0 Å². The number of carbonyl (C=O) groups is 1. The molecule has 1 amide bonds. The first-order valence-electron chi connectivity index (χ1n) is 6.00. The summed E-state index contributed by atoms with van der Waals surface area (Å²) in [5, 5.41) is 5.64. The van der Waals surface area contributed by atoms with Crippen LogP contribution in [0.1, 0.15) is 52.2 Å². The Kier molecular flexibility index (Phi) is 4.37. The quantitative estimate of drug-likeness (QED) is 0.895. The fraction of sp³-hybridized carbons (Fsp3) is 0.692. The van der Waals surface area contributed by atoms with Gasteiger partial charge < -0.3 is 10.1 Å². The van der Waals surface area contributed by atoms with Crippen molar-refractivity contribution in [1.82, 2.24) is 10.3 Å². The third kappa shape index (κ3) is 5.04. The van der Waals surface area contributed by atoms with Crippen molar-refractivity contribution >= 4 is 17.4 Å². The Balaban J connectivity index is 2.50. The van der Waals surface area contributed by atoms with Gasteiger partial charge in [0, 0.05) is 10.8 Å². The number of amides is 1. The molecule has 1 aromatic heterocycles. The second-order valence-electron chi connectivity index (χ2n) is 6.23. The Bertz CT molecular complexity index is 413. The lowest BCUT2D eigenvalue weighted by Gasteiger charge is -2.19. The molecule has 0 radical (unpaired) electrons. The van der Waals surface area contributed by atoms with Gasteiger partial charge in [-0.3, -0.25) is 0 Å². The monoisotopic (exact) mass is 270 g/mol. The number of ether oxygens (including phenoxy) is 1. The van der Waals surface area contributed by atoms with Gasteiger partial charge in [0.25, 0.3) is 0 Å². The third-order valence-corrected chi connectivity index (χ3v) is 2.95.